The minimum Gasteiger partial charge on any atom is -0.328 e. The van der Waals surface area contributed by atoms with Crippen molar-refractivity contribution in [2.45, 2.75) is 23.5 Å². The third-order valence-electron chi connectivity index (χ3n) is 4.50. The number of aryl methyl sites for hydroxylation is 1. The molecule has 2 aliphatic rings. The molecule has 2 amide bonds. The largest absolute Gasteiger partial charge is 0.351 e. The molecule has 0 aromatic heterocycles. The maximum atomic E-state index is 12.6. The summed E-state index contributed by atoms with van der Waals surface area (Å²) >= 11 is 0. The van der Waals surface area contributed by atoms with E-state index in [1.165, 1.54) is 18.2 Å². The SMILES string of the molecule is Cc1ccc2c(c1)CC(C(=O)ON1C(=O)c3ccccc3C1=O)S2(=O)=O. The number of nitrogens with zero attached hydrogens (tertiary/aromatic N) is 1. The zero-order valence-corrected chi connectivity index (χ0v) is 14.4. The fraction of sp³-hybridized carbons (Fsp3) is 0.167. The van der Waals surface area contributed by atoms with Crippen LogP contribution in [0, 0.1) is 6.92 Å². The van der Waals surface area contributed by atoms with Gasteiger partial charge in [0.05, 0.1) is 16.0 Å². The van der Waals surface area contributed by atoms with Gasteiger partial charge < -0.3 is 4.84 Å². The number of amides is 2. The lowest BCUT2D eigenvalue weighted by molar-refractivity contribution is -0.167. The third-order valence-corrected chi connectivity index (χ3v) is 6.62. The highest BCUT2D eigenvalue weighted by Gasteiger charge is 2.46. The number of imide groups is 1. The maximum absolute atomic E-state index is 12.6. The Labute approximate surface area is 149 Å². The van der Waals surface area contributed by atoms with E-state index < -0.39 is 32.9 Å². The van der Waals surface area contributed by atoms with E-state index in [0.29, 0.717) is 10.6 Å². The van der Waals surface area contributed by atoms with Crippen LogP contribution in [0.5, 0.6) is 0 Å². The van der Waals surface area contributed by atoms with Crippen molar-refractivity contribution in [3.05, 3.63) is 64.7 Å². The smallest absolute Gasteiger partial charge is 0.328 e. The van der Waals surface area contributed by atoms with Gasteiger partial charge in [-0.25, -0.2) is 13.2 Å². The molecule has 0 N–H and O–H groups in total. The van der Waals surface area contributed by atoms with Crippen LogP contribution in [0.3, 0.4) is 0 Å². The van der Waals surface area contributed by atoms with Crippen molar-refractivity contribution in [2.75, 3.05) is 0 Å². The van der Waals surface area contributed by atoms with Gasteiger partial charge in [0.15, 0.2) is 15.1 Å². The third kappa shape index (κ3) is 2.26. The summed E-state index contributed by atoms with van der Waals surface area (Å²) < 4.78 is 25.2. The van der Waals surface area contributed by atoms with Gasteiger partial charge in [0.2, 0.25) is 0 Å². The standard InChI is InChI=1S/C18H13NO6S/c1-10-6-7-14-11(8-10)9-15(26(14,23)24)18(22)25-19-16(20)12-4-2-3-5-13(12)17(19)21/h2-8,15H,9H2,1H3. The zero-order chi connectivity index (χ0) is 18.6. The van der Waals surface area contributed by atoms with Gasteiger partial charge >= 0.3 is 5.97 Å². The molecule has 0 fully saturated rings. The molecule has 2 aromatic rings. The van der Waals surface area contributed by atoms with Crippen LogP contribution in [0.25, 0.3) is 0 Å². The Hall–Kier alpha value is -3.00. The molecule has 132 valence electrons. The lowest BCUT2D eigenvalue weighted by Crippen LogP contribution is -2.39. The molecular weight excluding hydrogens is 358 g/mol. The highest BCUT2D eigenvalue weighted by atomic mass is 32.2. The Balaban J connectivity index is 1.61. The van der Waals surface area contributed by atoms with Crippen molar-refractivity contribution < 1.29 is 27.6 Å². The fourth-order valence-electron chi connectivity index (χ4n) is 3.22. The van der Waals surface area contributed by atoms with Crippen LogP contribution in [-0.4, -0.2) is 36.5 Å². The lowest BCUT2D eigenvalue weighted by Gasteiger charge is -2.15. The van der Waals surface area contributed by atoms with Gasteiger partial charge in [-0.05, 0) is 30.7 Å². The molecule has 0 radical (unpaired) electrons. The maximum Gasteiger partial charge on any atom is 0.351 e. The Morgan fingerprint density at radius 1 is 1.08 bits per heavy atom. The zero-order valence-electron chi connectivity index (χ0n) is 13.6. The predicted octanol–water partition coefficient (Wildman–Crippen LogP) is 1.45. The van der Waals surface area contributed by atoms with Crippen LogP contribution in [0.1, 0.15) is 31.8 Å². The summed E-state index contributed by atoms with van der Waals surface area (Å²) in [5.74, 6) is -2.72. The van der Waals surface area contributed by atoms with Crippen LogP contribution >= 0.6 is 0 Å². The predicted molar refractivity (Wildman–Crippen MR) is 88.9 cm³/mol. The number of carbonyl (C=O) groups excluding carboxylic acids is 3. The van der Waals surface area contributed by atoms with Gasteiger partial charge in [-0.2, -0.15) is 0 Å². The second kappa shape index (κ2) is 5.50. The summed E-state index contributed by atoms with van der Waals surface area (Å²) in [6.07, 6.45) is -0.0542. The van der Waals surface area contributed by atoms with Crippen LogP contribution in [0.15, 0.2) is 47.4 Å². The molecule has 2 heterocycles. The van der Waals surface area contributed by atoms with Crippen LogP contribution in [0.4, 0.5) is 0 Å². The van der Waals surface area contributed by atoms with E-state index in [9.17, 15) is 22.8 Å². The molecule has 0 saturated carbocycles. The first-order chi connectivity index (χ1) is 12.3. The number of carbonyl (C=O) groups is 3. The van der Waals surface area contributed by atoms with Crippen LogP contribution in [0.2, 0.25) is 0 Å². The molecule has 0 spiro atoms. The first-order valence-corrected chi connectivity index (χ1v) is 9.38. The first kappa shape index (κ1) is 16.5. The number of hydrogen-bond donors (Lipinski definition) is 0. The molecule has 26 heavy (non-hydrogen) atoms. The minimum absolute atomic E-state index is 0.0542. The Bertz CT molecular complexity index is 1050. The Kier molecular flexibility index (Phi) is 3.48. The number of benzene rings is 2. The summed E-state index contributed by atoms with van der Waals surface area (Å²) in [4.78, 5) is 42.0. The second-order valence-corrected chi connectivity index (χ2v) is 8.31. The Morgan fingerprint density at radius 3 is 2.31 bits per heavy atom. The van der Waals surface area contributed by atoms with Crippen molar-refractivity contribution >= 4 is 27.6 Å². The lowest BCUT2D eigenvalue weighted by atomic mass is 10.1. The Morgan fingerprint density at radius 2 is 1.69 bits per heavy atom. The van der Waals surface area contributed by atoms with Gasteiger partial charge in [0.25, 0.3) is 11.8 Å². The van der Waals surface area contributed by atoms with Crippen molar-refractivity contribution in [3.8, 4) is 0 Å². The van der Waals surface area contributed by atoms with Crippen molar-refractivity contribution in [1.82, 2.24) is 5.06 Å². The van der Waals surface area contributed by atoms with E-state index in [0.717, 1.165) is 5.56 Å². The number of rotatable bonds is 2. The quantitative estimate of drug-likeness (QED) is 0.741. The van der Waals surface area contributed by atoms with Crippen molar-refractivity contribution in [1.29, 1.82) is 0 Å². The second-order valence-electron chi connectivity index (χ2n) is 6.21. The molecule has 0 bridgehead atoms. The van der Waals surface area contributed by atoms with E-state index in [1.54, 1.807) is 24.3 Å². The highest BCUT2D eigenvalue weighted by molar-refractivity contribution is 7.93. The molecule has 0 saturated heterocycles. The molecule has 2 aromatic carbocycles. The van der Waals surface area contributed by atoms with E-state index in [-0.39, 0.29) is 22.4 Å². The summed E-state index contributed by atoms with van der Waals surface area (Å²) in [5.41, 5.74) is 1.61. The van der Waals surface area contributed by atoms with E-state index in [4.69, 9.17) is 4.84 Å². The summed E-state index contributed by atoms with van der Waals surface area (Å²) in [6, 6.07) is 10.8. The molecule has 7 nitrogen and oxygen atoms in total. The summed E-state index contributed by atoms with van der Waals surface area (Å²) in [6.45, 7) is 1.82. The van der Waals surface area contributed by atoms with Gasteiger partial charge in [0.1, 0.15) is 0 Å². The number of fused-ring (bicyclic) bond motifs is 2. The molecule has 0 aliphatic carbocycles. The van der Waals surface area contributed by atoms with E-state index in [2.05, 4.69) is 0 Å². The minimum atomic E-state index is -3.93. The van der Waals surface area contributed by atoms with Crippen LogP contribution < -0.4 is 0 Å². The van der Waals surface area contributed by atoms with Gasteiger partial charge in [-0.15, -0.1) is 0 Å². The van der Waals surface area contributed by atoms with Crippen LogP contribution in [-0.2, 0) is 25.9 Å². The highest BCUT2D eigenvalue weighted by Crippen LogP contribution is 2.33. The monoisotopic (exact) mass is 371 g/mol. The molecule has 2 aliphatic heterocycles. The van der Waals surface area contributed by atoms with Gasteiger partial charge in [-0.1, -0.05) is 34.9 Å². The average molecular weight is 371 g/mol. The van der Waals surface area contributed by atoms with Gasteiger partial charge in [0, 0.05) is 6.42 Å². The molecule has 4 rings (SSSR count). The number of hydrogen-bond acceptors (Lipinski definition) is 6. The first-order valence-electron chi connectivity index (χ1n) is 7.84. The summed E-state index contributed by atoms with van der Waals surface area (Å²) in [5, 5.41) is -1.15. The number of sulfone groups is 1. The summed E-state index contributed by atoms with van der Waals surface area (Å²) in [7, 11) is -3.93. The van der Waals surface area contributed by atoms with Gasteiger partial charge in [-0.3, -0.25) is 9.59 Å². The topological polar surface area (TPSA) is 97.8 Å². The number of hydroxylamine groups is 2. The molecule has 1 atom stereocenters. The van der Waals surface area contributed by atoms with Crippen molar-refractivity contribution in [3.63, 3.8) is 0 Å². The normalized spacial score (nSPS) is 20.0. The molecular formula is C18H13NO6S. The van der Waals surface area contributed by atoms with Crippen molar-refractivity contribution in [2.24, 2.45) is 0 Å². The molecule has 1 unspecified atom stereocenters. The average Bonchev–Trinajstić information content (AvgIpc) is 3.00. The van der Waals surface area contributed by atoms with E-state index >= 15 is 0 Å². The fourth-order valence-corrected chi connectivity index (χ4v) is 4.98. The van der Waals surface area contributed by atoms with E-state index in [1.807, 2.05) is 6.92 Å². The molecule has 8 heteroatoms.